The van der Waals surface area contributed by atoms with Gasteiger partial charge in [0, 0.05) is 60.9 Å². The second-order valence-corrected chi connectivity index (χ2v) is 13.6. The van der Waals surface area contributed by atoms with Crippen molar-refractivity contribution in [3.05, 3.63) is 174 Å². The van der Waals surface area contributed by atoms with Crippen LogP contribution in [0.2, 0.25) is 0 Å². The molecule has 4 nitrogen and oxygen atoms in total. The molecule has 0 amide bonds. The Bertz CT molecular complexity index is 3250. The predicted octanol–water partition coefficient (Wildman–Crippen LogP) is 11.8. The first-order valence-electron chi connectivity index (χ1n) is 18.2. The summed E-state index contributed by atoms with van der Waals surface area (Å²) in [5, 5.41) is 8.04. The number of fused-ring (bicyclic) bond motifs is 10. The Morgan fingerprint density at radius 3 is 2.06 bits per heavy atom. The van der Waals surface area contributed by atoms with Crippen LogP contribution < -0.4 is 10.6 Å². The molecule has 0 N–H and O–H groups in total. The Hall–Kier alpha value is -6.78. The molecule has 0 saturated heterocycles. The zero-order valence-electron chi connectivity index (χ0n) is 29.7. The first-order chi connectivity index (χ1) is 26.1. The molecule has 0 aliphatic heterocycles. The van der Waals surface area contributed by atoms with E-state index in [2.05, 4.69) is 157 Å². The van der Waals surface area contributed by atoms with Crippen LogP contribution in [-0.4, -0.2) is 9.13 Å². The molecule has 254 valence electrons. The van der Waals surface area contributed by atoms with Gasteiger partial charge in [-0.2, -0.15) is 0 Å². The molecule has 0 bridgehead atoms. The third-order valence-corrected chi connectivity index (χ3v) is 10.8. The van der Waals surface area contributed by atoms with Gasteiger partial charge in [0.1, 0.15) is 22.3 Å². The maximum absolute atomic E-state index is 6.26. The molecule has 0 aliphatic carbocycles. The van der Waals surface area contributed by atoms with Crippen molar-refractivity contribution in [3.8, 4) is 11.4 Å². The number of aromatic nitrogens is 2. The first kappa shape index (κ1) is 31.0. The summed E-state index contributed by atoms with van der Waals surface area (Å²) in [6.07, 6.45) is 6.77. The van der Waals surface area contributed by atoms with Gasteiger partial charge in [0.15, 0.2) is 0 Å². The Labute approximate surface area is 306 Å². The number of benzene rings is 6. The monoisotopic (exact) mass is 684 g/mol. The molecule has 4 heteroatoms. The highest BCUT2D eigenvalue weighted by molar-refractivity contribution is 6.29. The molecule has 0 fully saturated rings. The second kappa shape index (κ2) is 11.9. The van der Waals surface area contributed by atoms with Crippen molar-refractivity contribution >= 4 is 83.8 Å². The summed E-state index contributed by atoms with van der Waals surface area (Å²) < 4.78 is 17.3. The van der Waals surface area contributed by atoms with E-state index in [0.29, 0.717) is 5.42 Å². The van der Waals surface area contributed by atoms with Crippen molar-refractivity contribution in [2.24, 2.45) is 0 Å². The summed E-state index contributed by atoms with van der Waals surface area (Å²) >= 11 is 0. The molecule has 0 aliphatic rings. The van der Waals surface area contributed by atoms with E-state index in [1.807, 2.05) is 24.3 Å². The molecule has 53 heavy (non-hydrogen) atoms. The molecule has 4 heterocycles. The molecule has 0 radical (unpaired) electrons. The first-order valence-corrected chi connectivity index (χ1v) is 18.2. The van der Waals surface area contributed by atoms with Crippen molar-refractivity contribution in [1.29, 1.82) is 0 Å². The van der Waals surface area contributed by atoms with Crippen molar-refractivity contribution < 1.29 is 8.83 Å². The fourth-order valence-corrected chi connectivity index (χ4v) is 8.56. The number of nitrogens with zero attached hydrogens (tertiary/aromatic N) is 2. The van der Waals surface area contributed by atoms with E-state index in [9.17, 15) is 0 Å². The minimum atomic E-state index is 0.659. The standard InChI is InChI=1S/C49H36N2O2/c1-5-15-35-30(4)52-44(7-3)47(35)34(6-2)31-22-24-41-39(28-31)49-43(51(41)33-23-27-46-38(29-33)36-18-12-14-21-45(36)53-46)26-25-42-48(49)37-19-11-13-20-40(37)50(42)32-16-9-8-10-17-32/h5-6,8-29H,1,4,7H2,2-3H3/b34-6-,35-15+. The summed E-state index contributed by atoms with van der Waals surface area (Å²) in [5.41, 5.74) is 12.6. The van der Waals surface area contributed by atoms with E-state index < -0.39 is 0 Å². The molecular weight excluding hydrogens is 649 g/mol. The van der Waals surface area contributed by atoms with Crippen molar-refractivity contribution in [3.63, 3.8) is 0 Å². The van der Waals surface area contributed by atoms with Crippen LogP contribution in [0.1, 0.15) is 30.7 Å². The topological polar surface area (TPSA) is 36.1 Å². The molecule has 10 rings (SSSR count). The Balaban J connectivity index is 1.35. The van der Waals surface area contributed by atoms with Gasteiger partial charge in [-0.15, -0.1) is 0 Å². The van der Waals surface area contributed by atoms with E-state index in [-0.39, 0.29) is 0 Å². The number of furan rings is 2. The van der Waals surface area contributed by atoms with Crippen LogP contribution in [0.25, 0.3) is 95.2 Å². The molecule has 0 unspecified atom stereocenters. The molecule has 0 spiro atoms. The van der Waals surface area contributed by atoms with Gasteiger partial charge in [-0.05, 0) is 84.8 Å². The van der Waals surface area contributed by atoms with Crippen LogP contribution >= 0.6 is 0 Å². The number of para-hydroxylation sites is 3. The zero-order valence-corrected chi connectivity index (χ0v) is 29.7. The molecule has 0 atom stereocenters. The smallest absolute Gasteiger partial charge is 0.135 e. The lowest BCUT2D eigenvalue weighted by Gasteiger charge is -2.11. The van der Waals surface area contributed by atoms with Gasteiger partial charge in [0.2, 0.25) is 0 Å². The third-order valence-electron chi connectivity index (χ3n) is 10.8. The molecule has 6 aromatic carbocycles. The minimum absolute atomic E-state index is 0.659. The lowest BCUT2D eigenvalue weighted by molar-refractivity contribution is 0.486. The van der Waals surface area contributed by atoms with Crippen LogP contribution in [0.3, 0.4) is 0 Å². The highest BCUT2D eigenvalue weighted by Crippen LogP contribution is 2.44. The quantitative estimate of drug-likeness (QED) is 0.175. The molecule has 10 aromatic rings. The van der Waals surface area contributed by atoms with Gasteiger partial charge >= 0.3 is 0 Å². The maximum Gasteiger partial charge on any atom is 0.135 e. The maximum atomic E-state index is 6.26. The van der Waals surface area contributed by atoms with E-state index in [1.54, 1.807) is 0 Å². The van der Waals surface area contributed by atoms with E-state index in [0.717, 1.165) is 78.4 Å². The Kier molecular flexibility index (Phi) is 6.96. The highest BCUT2D eigenvalue weighted by Gasteiger charge is 2.23. The van der Waals surface area contributed by atoms with Crippen molar-refractivity contribution in [2.75, 3.05) is 0 Å². The third kappa shape index (κ3) is 4.49. The number of aryl methyl sites for hydroxylation is 1. The van der Waals surface area contributed by atoms with Crippen LogP contribution in [-0.2, 0) is 6.42 Å². The Morgan fingerprint density at radius 2 is 1.28 bits per heavy atom. The summed E-state index contributed by atoms with van der Waals surface area (Å²) in [5.74, 6) is 0.924. The van der Waals surface area contributed by atoms with Crippen LogP contribution in [0.5, 0.6) is 0 Å². The largest absolute Gasteiger partial charge is 0.461 e. The van der Waals surface area contributed by atoms with Gasteiger partial charge in [0.05, 0.1) is 22.1 Å². The number of allylic oxidation sites excluding steroid dienone is 2. The van der Waals surface area contributed by atoms with Crippen LogP contribution in [0.15, 0.2) is 155 Å². The SMILES string of the molecule is C=C/C=c1/c(/C(=C\C)c2ccc3c(c2)c2c4c5ccccc5n(-c5ccccc5)c4ccc2n3-c2ccc3oc4ccccc4c3c2)c(CC)oc1=C. The summed E-state index contributed by atoms with van der Waals surface area (Å²) in [4.78, 5) is 0. The lowest BCUT2D eigenvalue weighted by atomic mass is 9.94. The summed E-state index contributed by atoms with van der Waals surface area (Å²) in [6.45, 7) is 12.5. The van der Waals surface area contributed by atoms with Gasteiger partial charge in [-0.1, -0.05) is 99.0 Å². The van der Waals surface area contributed by atoms with Gasteiger partial charge in [0.25, 0.3) is 0 Å². The van der Waals surface area contributed by atoms with Crippen LogP contribution in [0, 0.1) is 0 Å². The zero-order chi connectivity index (χ0) is 35.8. The van der Waals surface area contributed by atoms with Gasteiger partial charge in [-0.3, -0.25) is 0 Å². The molecule has 4 aromatic heterocycles. The molecular formula is C49H36N2O2. The summed E-state index contributed by atoms with van der Waals surface area (Å²) in [6, 6.07) is 45.7. The van der Waals surface area contributed by atoms with Crippen LogP contribution in [0.4, 0.5) is 0 Å². The average Bonchev–Trinajstić information content (AvgIpc) is 3.93. The van der Waals surface area contributed by atoms with Gasteiger partial charge < -0.3 is 18.0 Å². The average molecular weight is 685 g/mol. The van der Waals surface area contributed by atoms with Crippen molar-refractivity contribution in [1.82, 2.24) is 9.13 Å². The van der Waals surface area contributed by atoms with Gasteiger partial charge in [-0.25, -0.2) is 0 Å². The van der Waals surface area contributed by atoms with Crippen molar-refractivity contribution in [2.45, 2.75) is 20.3 Å². The normalized spacial score (nSPS) is 12.8. The van der Waals surface area contributed by atoms with E-state index in [1.165, 1.54) is 32.6 Å². The van der Waals surface area contributed by atoms with E-state index >= 15 is 0 Å². The lowest BCUT2D eigenvalue weighted by Crippen LogP contribution is -2.21. The summed E-state index contributed by atoms with van der Waals surface area (Å²) in [7, 11) is 0. The fourth-order valence-electron chi connectivity index (χ4n) is 8.56. The number of hydrogen-bond donors (Lipinski definition) is 0. The van der Waals surface area contributed by atoms with E-state index in [4.69, 9.17) is 8.83 Å². The Morgan fingerprint density at radius 1 is 0.623 bits per heavy atom. The predicted molar refractivity (Wildman–Crippen MR) is 223 cm³/mol. The number of hydrogen-bond acceptors (Lipinski definition) is 2. The molecule has 0 saturated carbocycles. The highest BCUT2D eigenvalue weighted by atomic mass is 16.3. The second-order valence-electron chi connectivity index (χ2n) is 13.6. The fraction of sp³-hybridized carbons (Fsp3) is 0.0612. The number of rotatable bonds is 6. The minimum Gasteiger partial charge on any atom is -0.461 e.